The van der Waals surface area contributed by atoms with Crippen LogP contribution in [0.4, 0.5) is 0 Å². The lowest BCUT2D eigenvalue weighted by atomic mass is 9.94. The molecule has 0 aliphatic rings. The molecule has 0 unspecified atom stereocenters. The Labute approximate surface area is 62.4 Å². The Morgan fingerprint density at radius 2 is 2.00 bits per heavy atom. The maximum absolute atomic E-state index is 5.31. The molecule has 0 amide bonds. The van der Waals surface area contributed by atoms with Crippen LogP contribution < -0.4 is 5.73 Å². The number of nitrogens with two attached hydrogens (primary N) is 1. The molecule has 10 heavy (non-hydrogen) atoms. The maximum Gasteiger partial charge on any atom is 0.124 e. The molecule has 0 aromatic rings. The Hall–Kier alpha value is -0.920. The molecule has 0 saturated heterocycles. The summed E-state index contributed by atoms with van der Waals surface area (Å²) in [5.74, 6) is 0.738. The average Bonchev–Trinajstić information content (AvgIpc) is 1.80. The van der Waals surface area contributed by atoms with Gasteiger partial charge in [-0.05, 0) is 0 Å². The molecule has 2 nitrogen and oxygen atoms in total. The fourth-order valence-corrected chi connectivity index (χ4v) is 0.556. The Kier molecular flexibility index (Phi) is 3.00. The summed E-state index contributed by atoms with van der Waals surface area (Å²) in [6.45, 7) is 9.51. The molecular formula is C8H15NO. The minimum absolute atomic E-state index is 0.0388. The third-order valence-corrected chi connectivity index (χ3v) is 1.10. The van der Waals surface area contributed by atoms with Crippen LogP contribution in [0.25, 0.3) is 0 Å². The van der Waals surface area contributed by atoms with Gasteiger partial charge >= 0.3 is 0 Å². The highest BCUT2D eigenvalue weighted by Crippen LogP contribution is 2.24. The van der Waals surface area contributed by atoms with E-state index >= 15 is 0 Å². The van der Waals surface area contributed by atoms with E-state index in [-0.39, 0.29) is 5.41 Å². The molecule has 0 aliphatic heterocycles. The van der Waals surface area contributed by atoms with Crippen molar-refractivity contribution in [2.24, 2.45) is 11.1 Å². The van der Waals surface area contributed by atoms with Crippen LogP contribution in [-0.2, 0) is 4.74 Å². The van der Waals surface area contributed by atoms with Crippen LogP contribution in [0.5, 0.6) is 0 Å². The summed E-state index contributed by atoms with van der Waals surface area (Å²) in [6.07, 6.45) is 2.84. The summed E-state index contributed by atoms with van der Waals surface area (Å²) in [5.41, 5.74) is 5.27. The lowest BCUT2D eigenvalue weighted by molar-refractivity contribution is 0.245. The Bertz CT molecular complexity index is 142. The molecule has 0 bridgehead atoms. The molecule has 2 N–H and O–H groups in total. The normalized spacial score (nSPS) is 12.9. The summed E-state index contributed by atoms with van der Waals surface area (Å²) in [6, 6.07) is 0. The highest BCUT2D eigenvalue weighted by atomic mass is 16.5. The van der Waals surface area contributed by atoms with Crippen molar-refractivity contribution < 1.29 is 4.74 Å². The van der Waals surface area contributed by atoms with Gasteiger partial charge in [0.2, 0.25) is 0 Å². The van der Waals surface area contributed by atoms with E-state index in [2.05, 4.69) is 6.58 Å². The zero-order valence-electron chi connectivity index (χ0n) is 6.85. The highest BCUT2D eigenvalue weighted by molar-refractivity contribution is 5.01. The van der Waals surface area contributed by atoms with Crippen molar-refractivity contribution in [2.75, 3.05) is 0 Å². The first-order valence-corrected chi connectivity index (χ1v) is 3.22. The van der Waals surface area contributed by atoms with Crippen molar-refractivity contribution in [3.8, 4) is 0 Å². The largest absolute Gasteiger partial charge is 0.468 e. The molecule has 0 aromatic heterocycles. The van der Waals surface area contributed by atoms with Gasteiger partial charge in [0.05, 0.1) is 6.26 Å². The van der Waals surface area contributed by atoms with E-state index in [4.69, 9.17) is 10.5 Å². The molecule has 58 valence electrons. The number of hydrogen-bond donors (Lipinski definition) is 1. The van der Waals surface area contributed by atoms with Gasteiger partial charge < -0.3 is 10.5 Å². The van der Waals surface area contributed by atoms with Crippen LogP contribution in [0.2, 0.25) is 0 Å². The highest BCUT2D eigenvalue weighted by Gasteiger charge is 2.17. The Morgan fingerprint density at radius 3 is 2.10 bits per heavy atom. The van der Waals surface area contributed by atoms with E-state index in [0.717, 1.165) is 5.76 Å². The van der Waals surface area contributed by atoms with Crippen molar-refractivity contribution in [1.82, 2.24) is 0 Å². The fourth-order valence-electron chi connectivity index (χ4n) is 0.556. The SMILES string of the molecule is C=CO/C(=C\N)C(C)(C)C. The van der Waals surface area contributed by atoms with E-state index in [1.54, 1.807) is 0 Å². The predicted octanol–water partition coefficient (Wildman–Crippen LogP) is 1.99. The first-order valence-electron chi connectivity index (χ1n) is 3.22. The molecule has 0 rings (SSSR count). The third kappa shape index (κ3) is 2.58. The van der Waals surface area contributed by atoms with Crippen molar-refractivity contribution >= 4 is 0 Å². The summed E-state index contributed by atoms with van der Waals surface area (Å²) in [4.78, 5) is 0. The van der Waals surface area contributed by atoms with Gasteiger partial charge in [-0.3, -0.25) is 0 Å². The number of allylic oxidation sites excluding steroid dienone is 1. The van der Waals surface area contributed by atoms with Gasteiger partial charge in [0, 0.05) is 11.6 Å². The molecular weight excluding hydrogens is 126 g/mol. The Balaban J connectivity index is 4.23. The quantitative estimate of drug-likeness (QED) is 0.597. The second-order valence-electron chi connectivity index (χ2n) is 3.07. The third-order valence-electron chi connectivity index (χ3n) is 1.10. The first kappa shape index (κ1) is 9.08. The fraction of sp³-hybridized carbons (Fsp3) is 0.500. The van der Waals surface area contributed by atoms with Crippen molar-refractivity contribution in [3.05, 3.63) is 24.8 Å². The molecule has 0 aromatic carbocycles. The van der Waals surface area contributed by atoms with Crippen molar-refractivity contribution in [2.45, 2.75) is 20.8 Å². The lowest BCUT2D eigenvalue weighted by Gasteiger charge is -2.20. The molecule has 0 aliphatic carbocycles. The van der Waals surface area contributed by atoms with Gasteiger partial charge in [0.1, 0.15) is 5.76 Å². The van der Waals surface area contributed by atoms with Crippen LogP contribution in [0.3, 0.4) is 0 Å². The lowest BCUT2D eigenvalue weighted by Crippen LogP contribution is -2.12. The van der Waals surface area contributed by atoms with Crippen LogP contribution in [0.15, 0.2) is 24.8 Å². The van der Waals surface area contributed by atoms with Gasteiger partial charge in [-0.15, -0.1) is 0 Å². The minimum atomic E-state index is -0.0388. The molecule has 0 heterocycles. The topological polar surface area (TPSA) is 35.2 Å². The molecule has 0 saturated carbocycles. The van der Waals surface area contributed by atoms with Gasteiger partial charge in [0.25, 0.3) is 0 Å². The zero-order valence-corrected chi connectivity index (χ0v) is 6.85. The number of hydrogen-bond acceptors (Lipinski definition) is 2. The zero-order chi connectivity index (χ0) is 8.20. The van der Waals surface area contributed by atoms with Gasteiger partial charge in [0.15, 0.2) is 0 Å². The maximum atomic E-state index is 5.31. The Morgan fingerprint density at radius 1 is 1.50 bits per heavy atom. The molecule has 0 radical (unpaired) electrons. The standard InChI is InChI=1S/C8H15NO/c1-5-10-7(6-9)8(2,3)4/h5-6H,1,9H2,2-4H3/b7-6-. The summed E-state index contributed by atoms with van der Waals surface area (Å²) < 4.78 is 5.06. The monoisotopic (exact) mass is 141 g/mol. The van der Waals surface area contributed by atoms with E-state index in [1.165, 1.54) is 12.5 Å². The van der Waals surface area contributed by atoms with Crippen molar-refractivity contribution in [3.63, 3.8) is 0 Å². The molecule has 0 atom stereocenters. The summed E-state index contributed by atoms with van der Waals surface area (Å²) >= 11 is 0. The molecule has 0 spiro atoms. The first-order chi connectivity index (χ1) is 4.52. The van der Waals surface area contributed by atoms with E-state index in [9.17, 15) is 0 Å². The number of ether oxygens (including phenoxy) is 1. The number of rotatable bonds is 2. The minimum Gasteiger partial charge on any atom is -0.468 e. The van der Waals surface area contributed by atoms with Crippen LogP contribution in [0.1, 0.15) is 20.8 Å². The second kappa shape index (κ2) is 3.30. The molecule has 0 fully saturated rings. The van der Waals surface area contributed by atoms with Crippen LogP contribution in [0, 0.1) is 5.41 Å². The van der Waals surface area contributed by atoms with Crippen molar-refractivity contribution in [1.29, 1.82) is 0 Å². The van der Waals surface area contributed by atoms with E-state index < -0.39 is 0 Å². The second-order valence-corrected chi connectivity index (χ2v) is 3.07. The van der Waals surface area contributed by atoms with Gasteiger partial charge in [-0.2, -0.15) is 0 Å². The van der Waals surface area contributed by atoms with Gasteiger partial charge in [-0.25, -0.2) is 0 Å². The average molecular weight is 141 g/mol. The van der Waals surface area contributed by atoms with Crippen LogP contribution >= 0.6 is 0 Å². The summed E-state index contributed by atoms with van der Waals surface area (Å²) in [7, 11) is 0. The predicted molar refractivity (Wildman–Crippen MR) is 43.0 cm³/mol. The summed E-state index contributed by atoms with van der Waals surface area (Å²) in [5, 5.41) is 0. The smallest absolute Gasteiger partial charge is 0.124 e. The van der Waals surface area contributed by atoms with Gasteiger partial charge in [-0.1, -0.05) is 27.4 Å². The van der Waals surface area contributed by atoms with E-state index in [1.807, 2.05) is 20.8 Å². The van der Waals surface area contributed by atoms with E-state index in [0.29, 0.717) is 0 Å². The van der Waals surface area contributed by atoms with Crippen LogP contribution in [-0.4, -0.2) is 0 Å². The molecule has 2 heteroatoms.